The fourth-order valence-electron chi connectivity index (χ4n) is 1.86. The molecule has 2 rings (SSSR count). The van der Waals surface area contributed by atoms with E-state index in [0.29, 0.717) is 5.56 Å². The minimum Gasteiger partial charge on any atom is -0.478 e. The first kappa shape index (κ1) is 12.5. The lowest BCUT2D eigenvalue weighted by Crippen LogP contribution is -2.41. The third-order valence-electron chi connectivity index (χ3n) is 2.70. The molecule has 0 unspecified atom stereocenters. The highest BCUT2D eigenvalue weighted by Gasteiger charge is 2.46. The molecule has 1 aromatic carbocycles. The van der Waals surface area contributed by atoms with Crippen LogP contribution in [0.1, 0.15) is 11.1 Å². The summed E-state index contributed by atoms with van der Waals surface area (Å²) in [6.07, 6.45) is -3.58. The zero-order valence-electron chi connectivity index (χ0n) is 9.38. The van der Waals surface area contributed by atoms with Gasteiger partial charge in [0.2, 0.25) is 0 Å². The molecular weight excluding hydrogens is 247 g/mol. The molecule has 3 nitrogen and oxygen atoms in total. The summed E-state index contributed by atoms with van der Waals surface area (Å²) in [7, 11) is 0. The van der Waals surface area contributed by atoms with E-state index < -0.39 is 23.8 Å². The molecule has 1 aromatic rings. The van der Waals surface area contributed by atoms with Crippen LogP contribution in [0.2, 0.25) is 0 Å². The second-order valence-electron chi connectivity index (χ2n) is 4.11. The summed E-state index contributed by atoms with van der Waals surface area (Å²) in [5.74, 6) is -1.57. The maximum Gasteiger partial charge on any atom is 0.413 e. The summed E-state index contributed by atoms with van der Waals surface area (Å²) in [6, 6.07) is 2.64. The summed E-state index contributed by atoms with van der Waals surface area (Å²) < 4.78 is 38.3. The molecule has 1 atom stereocenters. The summed E-state index contributed by atoms with van der Waals surface area (Å²) in [4.78, 5) is 10.9. The lowest BCUT2D eigenvalue weighted by Gasteiger charge is -2.28. The molecule has 0 bridgehead atoms. The number of hydrogen-bond donors (Lipinski definition) is 2. The zero-order chi connectivity index (χ0) is 13.5. The van der Waals surface area contributed by atoms with Crippen LogP contribution in [-0.2, 0) is 4.79 Å². The van der Waals surface area contributed by atoms with Crippen molar-refractivity contribution in [1.82, 2.24) is 0 Å². The van der Waals surface area contributed by atoms with E-state index in [4.69, 9.17) is 5.11 Å². The van der Waals surface area contributed by atoms with Crippen LogP contribution in [0.5, 0.6) is 0 Å². The number of alkyl halides is 3. The summed E-state index contributed by atoms with van der Waals surface area (Å²) in [5, 5.41) is 11.1. The molecule has 0 spiro atoms. The van der Waals surface area contributed by atoms with Gasteiger partial charge in [0.25, 0.3) is 0 Å². The van der Waals surface area contributed by atoms with Gasteiger partial charge in [-0.3, -0.25) is 0 Å². The van der Waals surface area contributed by atoms with Gasteiger partial charge in [-0.15, -0.1) is 0 Å². The number of rotatable bonds is 1. The number of aliphatic carboxylic acids is 1. The molecule has 6 heteroatoms. The number of benzene rings is 1. The molecule has 1 aliphatic heterocycles. The normalized spacial score (nSPS) is 18.7. The van der Waals surface area contributed by atoms with Gasteiger partial charge >= 0.3 is 12.1 Å². The monoisotopic (exact) mass is 257 g/mol. The molecule has 96 valence electrons. The molecule has 0 amide bonds. The minimum atomic E-state index is -4.65. The van der Waals surface area contributed by atoms with E-state index in [1.54, 1.807) is 19.1 Å². The highest BCUT2D eigenvalue weighted by molar-refractivity contribution is 5.97. The zero-order valence-corrected chi connectivity index (χ0v) is 9.38. The Labute approximate surface area is 101 Å². The Morgan fingerprint density at radius 2 is 2.06 bits per heavy atom. The fourth-order valence-corrected chi connectivity index (χ4v) is 1.86. The van der Waals surface area contributed by atoms with Gasteiger partial charge in [-0.25, -0.2) is 4.79 Å². The van der Waals surface area contributed by atoms with Crippen molar-refractivity contribution < 1.29 is 23.1 Å². The number of fused-ring (bicyclic) bond motifs is 1. The molecule has 0 aliphatic carbocycles. The second kappa shape index (κ2) is 4.04. The van der Waals surface area contributed by atoms with Crippen LogP contribution in [0.25, 0.3) is 6.08 Å². The first-order chi connectivity index (χ1) is 8.29. The Hall–Kier alpha value is -1.98. The molecule has 2 N–H and O–H groups in total. The Bertz CT molecular complexity index is 535. The first-order valence-electron chi connectivity index (χ1n) is 5.18. The number of carbonyl (C=O) groups is 1. The smallest absolute Gasteiger partial charge is 0.413 e. The van der Waals surface area contributed by atoms with Crippen LogP contribution >= 0.6 is 0 Å². The van der Waals surface area contributed by atoms with Gasteiger partial charge in [0, 0.05) is 5.69 Å². The average Bonchev–Trinajstić information content (AvgIpc) is 2.25. The Balaban J connectivity index is 2.53. The van der Waals surface area contributed by atoms with Crippen LogP contribution in [0.15, 0.2) is 23.8 Å². The van der Waals surface area contributed by atoms with Crippen molar-refractivity contribution in [3.05, 3.63) is 34.9 Å². The van der Waals surface area contributed by atoms with Crippen LogP contribution in [0.3, 0.4) is 0 Å². The molecular formula is C12H10F3NO2. The molecule has 0 fully saturated rings. The highest BCUT2D eigenvalue weighted by atomic mass is 19.4. The number of carboxylic acids is 1. The standard InChI is InChI=1S/C12H10F3NO2/c1-6-2-3-9-7(4-6)5-8(11(17)18)10(16-9)12(13,14)15/h2-5,10,16H,1H3,(H,17,18)/t10-/m0/s1. The molecule has 0 radical (unpaired) electrons. The third kappa shape index (κ3) is 2.18. The van der Waals surface area contributed by atoms with Gasteiger partial charge < -0.3 is 10.4 Å². The average molecular weight is 257 g/mol. The van der Waals surface area contributed by atoms with Crippen molar-refractivity contribution in [2.24, 2.45) is 0 Å². The number of anilines is 1. The van der Waals surface area contributed by atoms with Gasteiger partial charge in [0.15, 0.2) is 6.04 Å². The van der Waals surface area contributed by atoms with E-state index in [1.165, 1.54) is 6.07 Å². The van der Waals surface area contributed by atoms with Crippen molar-refractivity contribution in [3.63, 3.8) is 0 Å². The quantitative estimate of drug-likeness (QED) is 0.813. The number of aryl methyl sites for hydroxylation is 1. The lowest BCUT2D eigenvalue weighted by molar-refractivity contribution is -0.146. The van der Waals surface area contributed by atoms with Gasteiger partial charge in [0.1, 0.15) is 0 Å². The fraction of sp³-hybridized carbons (Fsp3) is 0.250. The van der Waals surface area contributed by atoms with Crippen LogP contribution in [0.4, 0.5) is 18.9 Å². The number of hydrogen-bond acceptors (Lipinski definition) is 2. The van der Waals surface area contributed by atoms with Crippen molar-refractivity contribution >= 4 is 17.7 Å². The summed E-state index contributed by atoms with van der Waals surface area (Å²) in [5.41, 5.74) is 0.892. The maximum absolute atomic E-state index is 12.8. The second-order valence-corrected chi connectivity index (χ2v) is 4.11. The Morgan fingerprint density at radius 3 is 2.61 bits per heavy atom. The number of nitrogens with one attached hydrogen (secondary N) is 1. The molecule has 0 aromatic heterocycles. The lowest BCUT2D eigenvalue weighted by atomic mass is 9.96. The van der Waals surface area contributed by atoms with Crippen LogP contribution in [-0.4, -0.2) is 23.3 Å². The minimum absolute atomic E-state index is 0.285. The molecule has 1 heterocycles. The van der Waals surface area contributed by atoms with Gasteiger partial charge in [0.05, 0.1) is 5.57 Å². The van der Waals surface area contributed by atoms with E-state index in [1.807, 2.05) is 0 Å². The third-order valence-corrected chi connectivity index (χ3v) is 2.70. The Morgan fingerprint density at radius 1 is 1.39 bits per heavy atom. The van der Waals surface area contributed by atoms with Gasteiger partial charge in [-0.05, 0) is 30.7 Å². The van der Waals surface area contributed by atoms with E-state index in [0.717, 1.165) is 11.6 Å². The maximum atomic E-state index is 12.8. The molecule has 0 saturated carbocycles. The molecule has 1 aliphatic rings. The topological polar surface area (TPSA) is 49.3 Å². The van der Waals surface area contributed by atoms with Gasteiger partial charge in [-0.2, -0.15) is 13.2 Å². The Kier molecular flexibility index (Phi) is 2.80. The first-order valence-corrected chi connectivity index (χ1v) is 5.18. The predicted octanol–water partition coefficient (Wildman–Crippen LogP) is 2.82. The van der Waals surface area contributed by atoms with Gasteiger partial charge in [-0.1, -0.05) is 11.6 Å². The van der Waals surface area contributed by atoms with Crippen molar-refractivity contribution in [2.75, 3.05) is 5.32 Å². The van der Waals surface area contributed by atoms with Crippen LogP contribution in [0, 0.1) is 6.92 Å². The highest BCUT2D eigenvalue weighted by Crippen LogP contribution is 2.35. The predicted molar refractivity (Wildman–Crippen MR) is 60.3 cm³/mol. The SMILES string of the molecule is Cc1ccc2c(c1)C=C(C(=O)O)[C@@H](C(F)(F)F)N2. The van der Waals surface area contributed by atoms with E-state index >= 15 is 0 Å². The van der Waals surface area contributed by atoms with Crippen molar-refractivity contribution in [3.8, 4) is 0 Å². The molecule has 18 heavy (non-hydrogen) atoms. The van der Waals surface area contributed by atoms with Crippen molar-refractivity contribution in [1.29, 1.82) is 0 Å². The van der Waals surface area contributed by atoms with E-state index in [9.17, 15) is 18.0 Å². The van der Waals surface area contributed by atoms with Crippen LogP contribution < -0.4 is 5.32 Å². The summed E-state index contributed by atoms with van der Waals surface area (Å²) in [6.45, 7) is 1.78. The number of carboxylic acid groups (broad SMARTS) is 1. The largest absolute Gasteiger partial charge is 0.478 e. The van der Waals surface area contributed by atoms with E-state index in [2.05, 4.69) is 5.32 Å². The molecule has 0 saturated heterocycles. The number of halogens is 3. The van der Waals surface area contributed by atoms with E-state index in [-0.39, 0.29) is 5.69 Å². The van der Waals surface area contributed by atoms with Crippen molar-refractivity contribution in [2.45, 2.75) is 19.1 Å². The summed E-state index contributed by atoms with van der Waals surface area (Å²) >= 11 is 0.